The normalized spacial score (nSPS) is 14.6. The summed E-state index contributed by atoms with van der Waals surface area (Å²) in [5, 5.41) is 11.1. The minimum atomic E-state index is -0.181. The number of rotatable bonds is 5. The predicted octanol–water partition coefficient (Wildman–Crippen LogP) is 3.16. The van der Waals surface area contributed by atoms with E-state index in [4.69, 9.17) is 20.6 Å². The Balaban J connectivity index is 1.39. The van der Waals surface area contributed by atoms with Gasteiger partial charge in [-0.15, -0.1) is 0 Å². The second-order valence-corrected chi connectivity index (χ2v) is 7.87. The van der Waals surface area contributed by atoms with E-state index in [0.717, 1.165) is 0 Å². The molecule has 31 heavy (non-hydrogen) atoms. The summed E-state index contributed by atoms with van der Waals surface area (Å²) in [4.78, 5) is 31.5. The number of carbonyl (C=O) groups is 2. The third-order valence-corrected chi connectivity index (χ3v) is 5.67. The number of likely N-dealkylation sites (tertiary alicyclic amines) is 1. The molecule has 1 aliphatic heterocycles. The summed E-state index contributed by atoms with van der Waals surface area (Å²) >= 11 is 6.29. The molecular formula is C21H22ClN5O4. The van der Waals surface area contributed by atoms with Crippen molar-refractivity contribution in [3.05, 3.63) is 52.3 Å². The van der Waals surface area contributed by atoms with Crippen molar-refractivity contribution in [3.63, 3.8) is 0 Å². The van der Waals surface area contributed by atoms with Crippen LogP contribution in [0.5, 0.6) is 0 Å². The molecule has 1 aliphatic rings. The van der Waals surface area contributed by atoms with E-state index in [9.17, 15) is 9.59 Å². The van der Waals surface area contributed by atoms with Gasteiger partial charge in [-0.25, -0.2) is 0 Å². The highest BCUT2D eigenvalue weighted by atomic mass is 35.5. The maximum atomic E-state index is 13.2. The van der Waals surface area contributed by atoms with E-state index in [1.807, 2.05) is 12.1 Å². The lowest BCUT2D eigenvalue weighted by molar-refractivity contribution is -0.126. The van der Waals surface area contributed by atoms with Gasteiger partial charge in [-0.2, -0.15) is 4.98 Å². The minimum Gasteiger partial charge on any atom is -0.360 e. The fraction of sp³-hybridized carbons (Fsp3) is 0.381. The van der Waals surface area contributed by atoms with Crippen molar-refractivity contribution >= 4 is 23.4 Å². The van der Waals surface area contributed by atoms with Crippen molar-refractivity contribution in [2.24, 2.45) is 5.92 Å². The van der Waals surface area contributed by atoms with Gasteiger partial charge < -0.3 is 19.3 Å². The number of amides is 2. The van der Waals surface area contributed by atoms with E-state index in [-0.39, 0.29) is 24.3 Å². The molecule has 0 aliphatic carbocycles. The predicted molar refractivity (Wildman–Crippen MR) is 111 cm³/mol. The van der Waals surface area contributed by atoms with E-state index < -0.39 is 0 Å². The number of nitrogens with one attached hydrogen (secondary N) is 1. The quantitative estimate of drug-likeness (QED) is 0.644. The van der Waals surface area contributed by atoms with Gasteiger partial charge in [0.1, 0.15) is 17.0 Å². The van der Waals surface area contributed by atoms with E-state index in [1.165, 1.54) is 0 Å². The zero-order valence-electron chi connectivity index (χ0n) is 17.2. The monoisotopic (exact) mass is 443 g/mol. The summed E-state index contributed by atoms with van der Waals surface area (Å²) in [6, 6.07) is 7.20. The Kier molecular flexibility index (Phi) is 6.03. The molecule has 0 unspecified atom stereocenters. The lowest BCUT2D eigenvalue weighted by Crippen LogP contribution is -2.43. The molecule has 9 nitrogen and oxygen atoms in total. The van der Waals surface area contributed by atoms with Crippen LogP contribution in [0.15, 0.2) is 33.3 Å². The molecular weight excluding hydrogens is 422 g/mol. The molecule has 0 spiro atoms. The molecule has 162 valence electrons. The number of hydrogen-bond acceptors (Lipinski definition) is 7. The summed E-state index contributed by atoms with van der Waals surface area (Å²) in [5.74, 6) is 0.897. The number of carbonyl (C=O) groups excluding carboxylic acids is 2. The van der Waals surface area contributed by atoms with Gasteiger partial charge in [0.15, 0.2) is 5.82 Å². The Labute approximate surface area is 183 Å². The summed E-state index contributed by atoms with van der Waals surface area (Å²) in [6.45, 7) is 4.54. The average molecular weight is 444 g/mol. The SMILES string of the molecule is Cc1noc(CNC(=O)C2CCN(C(=O)c3c(-c4ccccc4Cl)noc3C)CC2)n1. The number of halogens is 1. The number of benzene rings is 1. The van der Waals surface area contributed by atoms with Crippen LogP contribution in [-0.2, 0) is 11.3 Å². The molecule has 0 saturated carbocycles. The Morgan fingerprint density at radius 1 is 1.16 bits per heavy atom. The largest absolute Gasteiger partial charge is 0.360 e. The van der Waals surface area contributed by atoms with Crippen LogP contribution in [0.3, 0.4) is 0 Å². The molecule has 2 aromatic heterocycles. The first-order valence-electron chi connectivity index (χ1n) is 10.0. The van der Waals surface area contributed by atoms with Crippen molar-refractivity contribution in [2.45, 2.75) is 33.2 Å². The van der Waals surface area contributed by atoms with E-state index in [0.29, 0.717) is 65.2 Å². The third-order valence-electron chi connectivity index (χ3n) is 5.34. The van der Waals surface area contributed by atoms with Crippen molar-refractivity contribution in [2.75, 3.05) is 13.1 Å². The second-order valence-electron chi connectivity index (χ2n) is 7.46. The van der Waals surface area contributed by atoms with Crippen LogP contribution in [0.1, 0.15) is 40.7 Å². The van der Waals surface area contributed by atoms with Gasteiger partial charge in [-0.05, 0) is 32.8 Å². The van der Waals surface area contributed by atoms with Crippen LogP contribution in [0.2, 0.25) is 5.02 Å². The Bertz CT molecular complexity index is 1100. The molecule has 10 heteroatoms. The topological polar surface area (TPSA) is 114 Å². The molecule has 3 aromatic rings. The number of aryl methyl sites for hydroxylation is 2. The van der Waals surface area contributed by atoms with E-state index in [1.54, 1.807) is 30.9 Å². The molecule has 1 aromatic carbocycles. The highest BCUT2D eigenvalue weighted by molar-refractivity contribution is 6.33. The summed E-state index contributed by atoms with van der Waals surface area (Å²) in [6.07, 6.45) is 1.12. The van der Waals surface area contributed by atoms with Crippen LogP contribution >= 0.6 is 11.6 Å². The summed E-state index contributed by atoms with van der Waals surface area (Å²) in [5.41, 5.74) is 1.49. The van der Waals surface area contributed by atoms with Crippen molar-refractivity contribution in [3.8, 4) is 11.3 Å². The van der Waals surface area contributed by atoms with Gasteiger partial charge in [0.2, 0.25) is 11.8 Å². The Hall–Kier alpha value is -3.20. The number of hydrogen-bond donors (Lipinski definition) is 1. The molecule has 1 fully saturated rings. The van der Waals surface area contributed by atoms with E-state index in [2.05, 4.69) is 20.6 Å². The third kappa shape index (κ3) is 4.46. The van der Waals surface area contributed by atoms with Crippen molar-refractivity contribution < 1.29 is 18.6 Å². The maximum absolute atomic E-state index is 13.2. The van der Waals surface area contributed by atoms with Crippen LogP contribution in [0, 0.1) is 19.8 Å². The van der Waals surface area contributed by atoms with Gasteiger partial charge in [-0.3, -0.25) is 9.59 Å². The molecule has 2 amide bonds. The number of aromatic nitrogens is 3. The van der Waals surface area contributed by atoms with Crippen LogP contribution in [0.25, 0.3) is 11.3 Å². The first-order chi connectivity index (χ1) is 14.9. The van der Waals surface area contributed by atoms with Crippen molar-refractivity contribution in [1.82, 2.24) is 25.5 Å². The van der Waals surface area contributed by atoms with E-state index >= 15 is 0 Å². The zero-order chi connectivity index (χ0) is 22.0. The first-order valence-corrected chi connectivity index (χ1v) is 10.4. The molecule has 4 rings (SSSR count). The molecule has 3 heterocycles. The van der Waals surface area contributed by atoms with Crippen LogP contribution < -0.4 is 5.32 Å². The van der Waals surface area contributed by atoms with Gasteiger partial charge >= 0.3 is 0 Å². The minimum absolute atomic E-state index is 0.0825. The van der Waals surface area contributed by atoms with Gasteiger partial charge in [0, 0.05) is 24.6 Å². The van der Waals surface area contributed by atoms with Gasteiger partial charge in [0.05, 0.1) is 11.6 Å². The molecule has 0 atom stereocenters. The highest BCUT2D eigenvalue weighted by Gasteiger charge is 2.31. The first kappa shape index (κ1) is 21.0. The average Bonchev–Trinajstić information content (AvgIpc) is 3.37. The molecule has 1 saturated heterocycles. The van der Waals surface area contributed by atoms with Gasteiger partial charge in [0.25, 0.3) is 5.91 Å². The smallest absolute Gasteiger partial charge is 0.259 e. The van der Waals surface area contributed by atoms with Crippen LogP contribution in [-0.4, -0.2) is 45.1 Å². The molecule has 1 N–H and O–H groups in total. The lowest BCUT2D eigenvalue weighted by atomic mass is 9.95. The number of nitrogens with zero attached hydrogens (tertiary/aromatic N) is 4. The lowest BCUT2D eigenvalue weighted by Gasteiger charge is -2.31. The summed E-state index contributed by atoms with van der Waals surface area (Å²) in [7, 11) is 0. The second kappa shape index (κ2) is 8.89. The van der Waals surface area contributed by atoms with Crippen molar-refractivity contribution in [1.29, 1.82) is 0 Å². The molecule has 0 radical (unpaired) electrons. The van der Waals surface area contributed by atoms with Crippen LogP contribution in [0.4, 0.5) is 0 Å². The Morgan fingerprint density at radius 3 is 2.58 bits per heavy atom. The number of piperidine rings is 1. The Morgan fingerprint density at radius 2 is 1.90 bits per heavy atom. The standard InChI is InChI=1S/C21H22ClN5O4/c1-12-18(19(26-30-12)15-5-3-4-6-16(15)22)21(29)27-9-7-14(8-10-27)20(28)23-11-17-24-13(2)25-31-17/h3-6,14H,7-11H2,1-2H3,(H,23,28). The summed E-state index contributed by atoms with van der Waals surface area (Å²) < 4.78 is 10.3. The molecule has 0 bridgehead atoms. The fourth-order valence-corrected chi connectivity index (χ4v) is 3.91. The highest BCUT2D eigenvalue weighted by Crippen LogP contribution is 2.32. The zero-order valence-corrected chi connectivity index (χ0v) is 18.0. The maximum Gasteiger partial charge on any atom is 0.259 e. The fourth-order valence-electron chi connectivity index (χ4n) is 3.68. The van der Waals surface area contributed by atoms with Gasteiger partial charge in [-0.1, -0.05) is 40.1 Å².